The van der Waals surface area contributed by atoms with Crippen LogP contribution in [0.2, 0.25) is 0 Å². The molecule has 13 heavy (non-hydrogen) atoms. The summed E-state index contributed by atoms with van der Waals surface area (Å²) in [5, 5.41) is 0. The molecular formula is C11H22N2. The number of nitrogens with zero attached hydrogens (tertiary/aromatic N) is 1. The molecule has 2 heteroatoms. The predicted octanol–water partition coefficient (Wildman–Crippen LogP) is 1.60. The van der Waals surface area contributed by atoms with E-state index < -0.39 is 0 Å². The lowest BCUT2D eigenvalue weighted by Crippen LogP contribution is -2.53. The molecule has 0 spiro atoms. The maximum absolute atomic E-state index is 6.34. The molecule has 1 saturated carbocycles. The van der Waals surface area contributed by atoms with Gasteiger partial charge < -0.3 is 10.6 Å². The van der Waals surface area contributed by atoms with Gasteiger partial charge in [0.15, 0.2) is 0 Å². The fraction of sp³-hybridized carbons (Fsp3) is 1.00. The molecule has 0 radical (unpaired) electrons. The molecule has 1 aliphatic carbocycles. The Hall–Kier alpha value is -0.0800. The zero-order chi connectivity index (χ0) is 9.47. The highest BCUT2D eigenvalue weighted by atomic mass is 15.2. The van der Waals surface area contributed by atoms with Gasteiger partial charge in [0, 0.05) is 18.1 Å². The summed E-state index contributed by atoms with van der Waals surface area (Å²) in [5.74, 6) is 0.781. The van der Waals surface area contributed by atoms with Gasteiger partial charge in [-0.25, -0.2) is 0 Å². The van der Waals surface area contributed by atoms with Crippen molar-refractivity contribution in [1.29, 1.82) is 0 Å². The molecule has 0 aromatic carbocycles. The van der Waals surface area contributed by atoms with Crippen LogP contribution in [0.25, 0.3) is 0 Å². The van der Waals surface area contributed by atoms with Crippen LogP contribution in [-0.2, 0) is 0 Å². The Balaban J connectivity index is 1.90. The average Bonchev–Trinajstić information content (AvgIpc) is 2.48. The van der Waals surface area contributed by atoms with E-state index in [9.17, 15) is 0 Å². The topological polar surface area (TPSA) is 29.3 Å². The lowest BCUT2D eigenvalue weighted by molar-refractivity contribution is 0.147. The van der Waals surface area contributed by atoms with Crippen molar-refractivity contribution >= 4 is 0 Å². The maximum atomic E-state index is 6.34. The Morgan fingerprint density at radius 3 is 2.46 bits per heavy atom. The van der Waals surface area contributed by atoms with Gasteiger partial charge in [0.05, 0.1) is 0 Å². The van der Waals surface area contributed by atoms with Crippen LogP contribution in [0.4, 0.5) is 0 Å². The minimum absolute atomic E-state index is 0.226. The molecule has 76 valence electrons. The number of hydrogen-bond acceptors (Lipinski definition) is 2. The Morgan fingerprint density at radius 2 is 2.08 bits per heavy atom. The lowest BCUT2D eigenvalue weighted by atomic mass is 9.68. The van der Waals surface area contributed by atoms with Gasteiger partial charge in [-0.15, -0.1) is 0 Å². The highest BCUT2D eigenvalue weighted by molar-refractivity contribution is 5.01. The Bertz CT molecular complexity index is 185. The number of nitrogens with two attached hydrogens (primary N) is 1. The monoisotopic (exact) mass is 182 g/mol. The lowest BCUT2D eigenvalue weighted by Gasteiger charge is -2.43. The Kier molecular flexibility index (Phi) is 2.37. The van der Waals surface area contributed by atoms with Crippen molar-refractivity contribution < 1.29 is 0 Å². The molecule has 2 aliphatic rings. The standard InChI is InChI=1S/C11H22N2/c1-9(2)13-7-4-10(8-13)11(12)5-3-6-11/h9-10H,3-8,12H2,1-2H3. The second kappa shape index (κ2) is 3.25. The molecular weight excluding hydrogens is 160 g/mol. The molecule has 0 aromatic rings. The Morgan fingerprint density at radius 1 is 1.38 bits per heavy atom. The van der Waals surface area contributed by atoms with Crippen LogP contribution < -0.4 is 5.73 Å². The van der Waals surface area contributed by atoms with Crippen LogP contribution in [0.1, 0.15) is 39.5 Å². The molecule has 2 rings (SSSR count). The zero-order valence-corrected chi connectivity index (χ0v) is 8.92. The second-order valence-corrected chi connectivity index (χ2v) is 5.16. The minimum atomic E-state index is 0.226. The van der Waals surface area contributed by atoms with E-state index in [1.165, 1.54) is 38.8 Å². The van der Waals surface area contributed by atoms with E-state index >= 15 is 0 Å². The van der Waals surface area contributed by atoms with Crippen LogP contribution in [0, 0.1) is 5.92 Å². The van der Waals surface area contributed by atoms with Gasteiger partial charge in [-0.05, 0) is 52.0 Å². The first-order valence-electron chi connectivity index (χ1n) is 5.65. The zero-order valence-electron chi connectivity index (χ0n) is 8.92. The van der Waals surface area contributed by atoms with Crippen molar-refractivity contribution in [2.75, 3.05) is 13.1 Å². The first-order chi connectivity index (χ1) is 6.12. The number of rotatable bonds is 2. The molecule has 1 heterocycles. The Labute approximate surface area is 81.5 Å². The summed E-state index contributed by atoms with van der Waals surface area (Å²) < 4.78 is 0. The van der Waals surface area contributed by atoms with E-state index in [0.717, 1.165) is 5.92 Å². The summed E-state index contributed by atoms with van der Waals surface area (Å²) in [4.78, 5) is 2.57. The van der Waals surface area contributed by atoms with Crippen molar-refractivity contribution in [1.82, 2.24) is 4.90 Å². The van der Waals surface area contributed by atoms with Crippen LogP contribution in [0.15, 0.2) is 0 Å². The fourth-order valence-electron chi connectivity index (χ4n) is 2.72. The van der Waals surface area contributed by atoms with Gasteiger partial charge in [0.2, 0.25) is 0 Å². The SMILES string of the molecule is CC(C)N1CCC(C2(N)CCC2)C1. The van der Waals surface area contributed by atoms with Gasteiger partial charge in [-0.2, -0.15) is 0 Å². The molecule has 2 nitrogen and oxygen atoms in total. The molecule has 1 aliphatic heterocycles. The summed E-state index contributed by atoms with van der Waals surface area (Å²) in [6.45, 7) is 7.08. The van der Waals surface area contributed by atoms with E-state index in [1.807, 2.05) is 0 Å². The van der Waals surface area contributed by atoms with Crippen LogP contribution >= 0.6 is 0 Å². The third-order valence-electron chi connectivity index (χ3n) is 4.05. The van der Waals surface area contributed by atoms with Crippen molar-refractivity contribution in [2.45, 2.75) is 51.1 Å². The van der Waals surface area contributed by atoms with Crippen LogP contribution in [0.5, 0.6) is 0 Å². The van der Waals surface area contributed by atoms with E-state index in [1.54, 1.807) is 0 Å². The van der Waals surface area contributed by atoms with Gasteiger partial charge in [-0.1, -0.05) is 0 Å². The smallest absolute Gasteiger partial charge is 0.0195 e. The molecule has 2 N–H and O–H groups in total. The molecule has 0 aromatic heterocycles. The summed E-state index contributed by atoms with van der Waals surface area (Å²) in [7, 11) is 0. The van der Waals surface area contributed by atoms with E-state index in [-0.39, 0.29) is 5.54 Å². The highest BCUT2D eigenvalue weighted by Crippen LogP contribution is 2.40. The van der Waals surface area contributed by atoms with Crippen molar-refractivity contribution in [3.63, 3.8) is 0 Å². The van der Waals surface area contributed by atoms with Crippen LogP contribution in [0.3, 0.4) is 0 Å². The quantitative estimate of drug-likeness (QED) is 0.703. The minimum Gasteiger partial charge on any atom is -0.325 e. The summed E-state index contributed by atoms with van der Waals surface area (Å²) in [6.07, 6.45) is 5.22. The largest absolute Gasteiger partial charge is 0.325 e. The molecule has 0 bridgehead atoms. The summed E-state index contributed by atoms with van der Waals surface area (Å²) >= 11 is 0. The number of likely N-dealkylation sites (tertiary alicyclic amines) is 1. The van der Waals surface area contributed by atoms with E-state index in [2.05, 4.69) is 18.7 Å². The van der Waals surface area contributed by atoms with Gasteiger partial charge in [0.1, 0.15) is 0 Å². The average molecular weight is 182 g/mol. The van der Waals surface area contributed by atoms with Gasteiger partial charge >= 0.3 is 0 Å². The first kappa shape index (κ1) is 9.47. The summed E-state index contributed by atoms with van der Waals surface area (Å²) in [6, 6.07) is 0.702. The molecule has 1 saturated heterocycles. The van der Waals surface area contributed by atoms with Crippen molar-refractivity contribution in [3.05, 3.63) is 0 Å². The van der Waals surface area contributed by atoms with E-state index in [0.29, 0.717) is 6.04 Å². The predicted molar refractivity (Wildman–Crippen MR) is 55.6 cm³/mol. The summed E-state index contributed by atoms with van der Waals surface area (Å²) in [5.41, 5.74) is 6.57. The molecule has 0 amide bonds. The van der Waals surface area contributed by atoms with Crippen molar-refractivity contribution in [2.24, 2.45) is 11.7 Å². The van der Waals surface area contributed by atoms with E-state index in [4.69, 9.17) is 5.73 Å². The molecule has 1 atom stereocenters. The molecule has 2 fully saturated rings. The third kappa shape index (κ3) is 1.62. The van der Waals surface area contributed by atoms with Gasteiger partial charge in [-0.3, -0.25) is 0 Å². The normalized spacial score (nSPS) is 33.7. The fourth-order valence-corrected chi connectivity index (χ4v) is 2.72. The van der Waals surface area contributed by atoms with Crippen molar-refractivity contribution in [3.8, 4) is 0 Å². The third-order valence-corrected chi connectivity index (χ3v) is 4.05. The highest BCUT2D eigenvalue weighted by Gasteiger charge is 2.43. The first-order valence-corrected chi connectivity index (χ1v) is 5.65. The van der Waals surface area contributed by atoms with Gasteiger partial charge in [0.25, 0.3) is 0 Å². The second-order valence-electron chi connectivity index (χ2n) is 5.16. The molecule has 1 unspecified atom stereocenters. The maximum Gasteiger partial charge on any atom is 0.0195 e. The van der Waals surface area contributed by atoms with Crippen LogP contribution in [-0.4, -0.2) is 29.6 Å². The number of hydrogen-bond donors (Lipinski definition) is 1.